The van der Waals surface area contributed by atoms with Crippen LogP contribution in [0.1, 0.15) is 17.3 Å². The van der Waals surface area contributed by atoms with Gasteiger partial charge in [0.25, 0.3) is 11.2 Å². The molecule has 1 unspecified atom stereocenters. The van der Waals surface area contributed by atoms with E-state index in [4.69, 9.17) is 10.5 Å². The van der Waals surface area contributed by atoms with E-state index >= 15 is 0 Å². The van der Waals surface area contributed by atoms with Gasteiger partial charge < -0.3 is 10.5 Å². The van der Waals surface area contributed by atoms with Crippen molar-refractivity contribution in [1.29, 1.82) is 0 Å². The first-order valence-electron chi connectivity index (χ1n) is 7.16. The highest BCUT2D eigenvalue weighted by molar-refractivity contribution is 6.02. The van der Waals surface area contributed by atoms with E-state index in [2.05, 4.69) is 0 Å². The van der Waals surface area contributed by atoms with Crippen molar-refractivity contribution in [2.75, 3.05) is 5.73 Å². The summed E-state index contributed by atoms with van der Waals surface area (Å²) in [5.74, 6) is -0.740. The van der Waals surface area contributed by atoms with E-state index in [1.807, 2.05) is 0 Å². The summed E-state index contributed by atoms with van der Waals surface area (Å²) in [6.07, 6.45) is -1.09. The van der Waals surface area contributed by atoms with E-state index in [0.29, 0.717) is 0 Å². The number of benzene rings is 1. The number of rotatable bonds is 5. The van der Waals surface area contributed by atoms with Gasteiger partial charge in [0.05, 0.1) is 4.92 Å². The van der Waals surface area contributed by atoms with Crippen LogP contribution >= 0.6 is 0 Å². The van der Waals surface area contributed by atoms with Gasteiger partial charge in [-0.05, 0) is 19.1 Å². The number of hydrogen-bond acceptors (Lipinski definition) is 7. The SMILES string of the molecule is CC(Oc1ccc([N+](=O)[O-])cc1)C(=O)c1c(N)n(C)c(=O)n(C)c1=O. The fourth-order valence-corrected chi connectivity index (χ4v) is 2.20. The van der Waals surface area contributed by atoms with E-state index in [1.54, 1.807) is 0 Å². The standard InChI is InChI=1S/C15H16N4O6/c1-8(25-10-6-4-9(5-7-10)19(23)24)12(20)11-13(16)17(2)15(22)18(3)14(11)21/h4-8H,16H2,1-3H3. The quantitative estimate of drug-likeness (QED) is 0.463. The Hall–Kier alpha value is -3.43. The summed E-state index contributed by atoms with van der Waals surface area (Å²) in [6.45, 7) is 1.41. The first kappa shape index (κ1) is 17.9. The van der Waals surface area contributed by atoms with Gasteiger partial charge in [-0.1, -0.05) is 0 Å². The average molecular weight is 348 g/mol. The number of non-ortho nitro benzene ring substituents is 1. The molecule has 1 aromatic heterocycles. The third-order valence-electron chi connectivity index (χ3n) is 3.69. The lowest BCUT2D eigenvalue weighted by atomic mass is 10.1. The number of ether oxygens (including phenoxy) is 1. The van der Waals surface area contributed by atoms with Gasteiger partial charge in [-0.15, -0.1) is 0 Å². The molecule has 0 aliphatic carbocycles. The molecule has 0 fully saturated rings. The second kappa shape index (κ2) is 6.59. The fourth-order valence-electron chi connectivity index (χ4n) is 2.20. The lowest BCUT2D eigenvalue weighted by Crippen LogP contribution is -2.43. The van der Waals surface area contributed by atoms with Gasteiger partial charge in [-0.2, -0.15) is 0 Å². The Morgan fingerprint density at radius 3 is 2.28 bits per heavy atom. The second-order valence-corrected chi connectivity index (χ2v) is 5.34. The molecule has 0 aliphatic heterocycles. The first-order chi connectivity index (χ1) is 11.6. The Kier molecular flexibility index (Phi) is 4.72. The highest BCUT2D eigenvalue weighted by Crippen LogP contribution is 2.19. The molecule has 2 N–H and O–H groups in total. The Morgan fingerprint density at radius 2 is 1.76 bits per heavy atom. The van der Waals surface area contributed by atoms with Gasteiger partial charge in [-0.3, -0.25) is 28.8 Å². The van der Waals surface area contributed by atoms with Crippen molar-refractivity contribution in [3.63, 3.8) is 0 Å². The molecule has 0 aliphatic rings. The number of nitrogen functional groups attached to an aromatic ring is 1. The van der Waals surface area contributed by atoms with Crippen LogP contribution in [-0.4, -0.2) is 25.9 Å². The van der Waals surface area contributed by atoms with E-state index in [-0.39, 0.29) is 22.8 Å². The van der Waals surface area contributed by atoms with Crippen LogP contribution in [-0.2, 0) is 14.1 Å². The van der Waals surface area contributed by atoms with Crippen LogP contribution in [0.5, 0.6) is 5.75 Å². The average Bonchev–Trinajstić information content (AvgIpc) is 2.58. The van der Waals surface area contributed by atoms with Gasteiger partial charge in [0, 0.05) is 26.2 Å². The first-order valence-corrected chi connectivity index (χ1v) is 7.16. The minimum absolute atomic E-state index is 0.123. The van der Waals surface area contributed by atoms with E-state index < -0.39 is 28.1 Å². The maximum atomic E-state index is 12.5. The van der Waals surface area contributed by atoms with Crippen LogP contribution in [0.3, 0.4) is 0 Å². The molecular formula is C15H16N4O6. The molecule has 1 heterocycles. The molecule has 0 saturated heterocycles. The maximum absolute atomic E-state index is 12.5. The third kappa shape index (κ3) is 3.27. The highest BCUT2D eigenvalue weighted by atomic mass is 16.6. The number of carbonyl (C=O) groups is 1. The van der Waals surface area contributed by atoms with Gasteiger partial charge in [0.15, 0.2) is 6.10 Å². The summed E-state index contributed by atoms with van der Waals surface area (Å²) in [5, 5.41) is 10.6. The minimum Gasteiger partial charge on any atom is -0.483 e. The van der Waals surface area contributed by atoms with Gasteiger partial charge in [0.2, 0.25) is 5.78 Å². The summed E-state index contributed by atoms with van der Waals surface area (Å²) in [5.41, 5.74) is 3.80. The summed E-state index contributed by atoms with van der Waals surface area (Å²) in [6, 6.07) is 5.13. The molecule has 0 radical (unpaired) electrons. The molecular weight excluding hydrogens is 332 g/mol. The van der Waals surface area contributed by atoms with E-state index in [0.717, 1.165) is 9.13 Å². The van der Waals surface area contributed by atoms with Crippen LogP contribution in [0.25, 0.3) is 0 Å². The van der Waals surface area contributed by atoms with Crippen LogP contribution in [0, 0.1) is 10.1 Å². The van der Waals surface area contributed by atoms with Gasteiger partial charge in [0.1, 0.15) is 17.1 Å². The molecule has 0 saturated carbocycles. The predicted octanol–water partition coefficient (Wildman–Crippen LogP) is 0.225. The molecule has 132 valence electrons. The molecule has 0 amide bonds. The molecule has 25 heavy (non-hydrogen) atoms. The lowest BCUT2D eigenvalue weighted by molar-refractivity contribution is -0.384. The summed E-state index contributed by atoms with van der Waals surface area (Å²) in [7, 11) is 2.58. The minimum atomic E-state index is -1.09. The topological polar surface area (TPSA) is 139 Å². The molecule has 10 heteroatoms. The molecule has 2 rings (SSSR count). The van der Waals surface area contributed by atoms with Gasteiger partial charge in [-0.25, -0.2) is 4.79 Å². The monoisotopic (exact) mass is 348 g/mol. The molecule has 0 bridgehead atoms. The number of Topliss-reactive ketones (excluding diaryl/α,β-unsaturated/α-hetero) is 1. The van der Waals surface area contributed by atoms with Crippen LogP contribution in [0.2, 0.25) is 0 Å². The fraction of sp³-hybridized carbons (Fsp3) is 0.267. The number of ketones is 1. The molecule has 0 spiro atoms. The maximum Gasteiger partial charge on any atom is 0.332 e. The predicted molar refractivity (Wildman–Crippen MR) is 88.9 cm³/mol. The van der Waals surface area contributed by atoms with E-state index in [9.17, 15) is 24.5 Å². The number of nitrogens with zero attached hydrogens (tertiary/aromatic N) is 3. The number of hydrogen-bond donors (Lipinski definition) is 1. The normalized spacial score (nSPS) is 11.8. The Morgan fingerprint density at radius 1 is 1.20 bits per heavy atom. The zero-order chi connectivity index (χ0) is 18.9. The molecule has 2 aromatic rings. The molecule has 10 nitrogen and oxygen atoms in total. The van der Waals surface area contributed by atoms with Crippen molar-refractivity contribution in [3.8, 4) is 5.75 Å². The Bertz CT molecular complexity index is 958. The lowest BCUT2D eigenvalue weighted by Gasteiger charge is -2.16. The van der Waals surface area contributed by atoms with Crippen LogP contribution in [0.4, 0.5) is 11.5 Å². The zero-order valence-corrected chi connectivity index (χ0v) is 13.8. The molecule has 1 atom stereocenters. The van der Waals surface area contributed by atoms with E-state index in [1.165, 1.54) is 45.3 Å². The van der Waals surface area contributed by atoms with Crippen LogP contribution in [0.15, 0.2) is 33.9 Å². The zero-order valence-electron chi connectivity index (χ0n) is 13.8. The molecule has 1 aromatic carbocycles. The summed E-state index contributed by atoms with van der Waals surface area (Å²) < 4.78 is 7.20. The number of aromatic nitrogens is 2. The van der Waals surface area contributed by atoms with Crippen molar-refractivity contribution in [3.05, 3.63) is 60.8 Å². The van der Waals surface area contributed by atoms with Crippen molar-refractivity contribution in [1.82, 2.24) is 9.13 Å². The number of anilines is 1. The number of nitro benzene ring substituents is 1. The van der Waals surface area contributed by atoms with Crippen molar-refractivity contribution in [2.45, 2.75) is 13.0 Å². The number of nitro groups is 1. The second-order valence-electron chi connectivity index (χ2n) is 5.34. The van der Waals surface area contributed by atoms with Gasteiger partial charge >= 0.3 is 5.69 Å². The third-order valence-corrected chi connectivity index (χ3v) is 3.69. The van der Waals surface area contributed by atoms with Crippen molar-refractivity contribution < 1.29 is 14.5 Å². The Balaban J connectivity index is 2.34. The largest absolute Gasteiger partial charge is 0.483 e. The van der Waals surface area contributed by atoms with Crippen molar-refractivity contribution >= 4 is 17.3 Å². The highest BCUT2D eigenvalue weighted by Gasteiger charge is 2.26. The van der Waals surface area contributed by atoms with Crippen molar-refractivity contribution in [2.24, 2.45) is 14.1 Å². The summed E-state index contributed by atoms with van der Waals surface area (Å²) in [4.78, 5) is 46.6. The number of nitrogens with two attached hydrogens (primary N) is 1. The smallest absolute Gasteiger partial charge is 0.332 e. The van der Waals surface area contributed by atoms with Crippen LogP contribution < -0.4 is 21.7 Å². The Labute approximate surface area is 141 Å². The number of carbonyl (C=O) groups excluding carboxylic acids is 1. The summed E-state index contributed by atoms with van der Waals surface area (Å²) >= 11 is 0.